The number of nitrogens with zero attached hydrogens (tertiary/aromatic N) is 1. The van der Waals surface area contributed by atoms with Gasteiger partial charge in [-0.05, 0) is 25.3 Å². The molecule has 0 bridgehead atoms. The average Bonchev–Trinajstić information content (AvgIpc) is 2.83. The van der Waals surface area contributed by atoms with Crippen LogP contribution in [0.5, 0.6) is 0 Å². The van der Waals surface area contributed by atoms with Gasteiger partial charge in [-0.1, -0.05) is 6.92 Å². The van der Waals surface area contributed by atoms with E-state index in [1.54, 1.807) is 17.9 Å². The summed E-state index contributed by atoms with van der Waals surface area (Å²) in [5.41, 5.74) is 0.601. The van der Waals surface area contributed by atoms with Gasteiger partial charge in [0, 0.05) is 13.1 Å². The number of rotatable bonds is 2. The maximum absolute atomic E-state index is 12.3. The fraction of sp³-hybridized carbons (Fsp3) is 0.571. The Morgan fingerprint density at radius 3 is 2.74 bits per heavy atom. The number of aryl methyl sites for hydroxylation is 1. The molecule has 0 N–H and O–H groups in total. The molecule has 1 aliphatic heterocycles. The smallest absolute Gasteiger partial charge is 0.309 e. The van der Waals surface area contributed by atoms with Crippen molar-refractivity contribution in [2.45, 2.75) is 20.3 Å². The van der Waals surface area contributed by atoms with Crippen molar-refractivity contribution < 1.29 is 18.7 Å². The molecule has 5 nitrogen and oxygen atoms in total. The van der Waals surface area contributed by atoms with E-state index in [0.717, 1.165) is 0 Å². The summed E-state index contributed by atoms with van der Waals surface area (Å²) in [4.78, 5) is 25.7. The van der Waals surface area contributed by atoms with Crippen LogP contribution in [0.2, 0.25) is 0 Å². The third-order valence-corrected chi connectivity index (χ3v) is 3.79. The predicted octanol–water partition coefficient (Wildman–Crippen LogP) is 1.86. The lowest BCUT2D eigenvalue weighted by Crippen LogP contribution is -2.45. The van der Waals surface area contributed by atoms with Gasteiger partial charge in [0.25, 0.3) is 5.91 Å². The lowest BCUT2D eigenvalue weighted by molar-refractivity contribution is -0.148. The van der Waals surface area contributed by atoms with Gasteiger partial charge in [0.2, 0.25) is 0 Å². The number of piperidine rings is 1. The van der Waals surface area contributed by atoms with Crippen LogP contribution in [-0.2, 0) is 9.53 Å². The molecule has 2 atom stereocenters. The zero-order chi connectivity index (χ0) is 14.0. The van der Waals surface area contributed by atoms with Crippen LogP contribution in [0.3, 0.4) is 0 Å². The third kappa shape index (κ3) is 2.64. The van der Waals surface area contributed by atoms with Crippen molar-refractivity contribution in [3.63, 3.8) is 0 Å². The van der Waals surface area contributed by atoms with Gasteiger partial charge >= 0.3 is 5.97 Å². The summed E-state index contributed by atoms with van der Waals surface area (Å²) in [6.07, 6.45) is 2.17. The van der Waals surface area contributed by atoms with Gasteiger partial charge in [-0.15, -0.1) is 0 Å². The van der Waals surface area contributed by atoms with E-state index in [1.807, 2.05) is 6.92 Å². The quantitative estimate of drug-likeness (QED) is 0.766. The number of hydrogen-bond donors (Lipinski definition) is 0. The number of likely N-dealkylation sites (tertiary alicyclic amines) is 1. The van der Waals surface area contributed by atoms with E-state index >= 15 is 0 Å². The van der Waals surface area contributed by atoms with Crippen LogP contribution in [-0.4, -0.2) is 37.0 Å². The molecular formula is C14H19NO4. The molecule has 104 valence electrons. The average molecular weight is 265 g/mol. The summed E-state index contributed by atoms with van der Waals surface area (Å²) < 4.78 is 9.95. The lowest BCUT2D eigenvalue weighted by atomic mass is 9.86. The van der Waals surface area contributed by atoms with Crippen molar-refractivity contribution in [2.24, 2.45) is 11.8 Å². The maximum Gasteiger partial charge on any atom is 0.309 e. The molecule has 1 aromatic heterocycles. The molecule has 0 radical (unpaired) electrons. The van der Waals surface area contributed by atoms with Crippen molar-refractivity contribution in [2.75, 3.05) is 20.2 Å². The van der Waals surface area contributed by atoms with Crippen LogP contribution in [0.15, 0.2) is 16.7 Å². The molecule has 0 aromatic carbocycles. The minimum atomic E-state index is -0.181. The van der Waals surface area contributed by atoms with E-state index in [2.05, 4.69) is 0 Å². The Labute approximate surface area is 112 Å². The Bertz CT molecular complexity index is 480. The van der Waals surface area contributed by atoms with Gasteiger partial charge in [-0.3, -0.25) is 9.59 Å². The van der Waals surface area contributed by atoms with Gasteiger partial charge in [0.05, 0.1) is 24.9 Å². The van der Waals surface area contributed by atoms with E-state index in [-0.39, 0.29) is 23.7 Å². The SMILES string of the molecule is COC(=O)[C@H]1CCN(C(=O)c2ccoc2C)C[C@H]1C. The van der Waals surface area contributed by atoms with Crippen LogP contribution in [0.25, 0.3) is 0 Å². The van der Waals surface area contributed by atoms with E-state index in [4.69, 9.17) is 9.15 Å². The first kappa shape index (κ1) is 13.6. The number of furan rings is 1. The van der Waals surface area contributed by atoms with Gasteiger partial charge in [0.1, 0.15) is 5.76 Å². The highest BCUT2D eigenvalue weighted by molar-refractivity contribution is 5.95. The first-order chi connectivity index (χ1) is 9.04. The summed E-state index contributed by atoms with van der Waals surface area (Å²) >= 11 is 0. The van der Waals surface area contributed by atoms with Crippen molar-refractivity contribution >= 4 is 11.9 Å². The number of amides is 1. The molecule has 0 aliphatic carbocycles. The number of methoxy groups -OCH3 is 1. The zero-order valence-electron chi connectivity index (χ0n) is 11.5. The van der Waals surface area contributed by atoms with Gasteiger partial charge in [-0.2, -0.15) is 0 Å². The standard InChI is InChI=1S/C14H19NO4/c1-9-8-15(6-4-11(9)14(17)18-3)13(16)12-5-7-19-10(12)2/h5,7,9,11H,4,6,8H2,1-3H3/t9-,11+/m1/s1. The van der Waals surface area contributed by atoms with Gasteiger partial charge < -0.3 is 14.1 Å². The zero-order valence-corrected chi connectivity index (χ0v) is 11.5. The second-order valence-corrected chi connectivity index (χ2v) is 5.04. The molecule has 1 aliphatic rings. The second-order valence-electron chi connectivity index (χ2n) is 5.04. The van der Waals surface area contributed by atoms with Crippen LogP contribution >= 0.6 is 0 Å². The van der Waals surface area contributed by atoms with E-state index in [0.29, 0.717) is 30.8 Å². The van der Waals surface area contributed by atoms with Crippen LogP contribution in [0.4, 0.5) is 0 Å². The molecule has 0 spiro atoms. The number of ether oxygens (including phenoxy) is 1. The highest BCUT2D eigenvalue weighted by Crippen LogP contribution is 2.26. The van der Waals surface area contributed by atoms with E-state index in [1.165, 1.54) is 13.4 Å². The number of carbonyl (C=O) groups excluding carboxylic acids is 2. The van der Waals surface area contributed by atoms with Crippen molar-refractivity contribution in [3.05, 3.63) is 23.7 Å². The fourth-order valence-electron chi connectivity index (χ4n) is 2.61. The minimum Gasteiger partial charge on any atom is -0.469 e. The number of hydrogen-bond acceptors (Lipinski definition) is 4. The highest BCUT2D eigenvalue weighted by Gasteiger charge is 2.34. The Balaban J connectivity index is 2.04. The van der Waals surface area contributed by atoms with Crippen LogP contribution < -0.4 is 0 Å². The van der Waals surface area contributed by atoms with Crippen LogP contribution in [0, 0.1) is 18.8 Å². The van der Waals surface area contributed by atoms with Crippen molar-refractivity contribution in [1.82, 2.24) is 4.90 Å². The van der Waals surface area contributed by atoms with Crippen molar-refractivity contribution in [3.8, 4) is 0 Å². The molecule has 1 fully saturated rings. The topological polar surface area (TPSA) is 59.8 Å². The number of carbonyl (C=O) groups is 2. The largest absolute Gasteiger partial charge is 0.469 e. The van der Waals surface area contributed by atoms with E-state index < -0.39 is 0 Å². The highest BCUT2D eigenvalue weighted by atomic mass is 16.5. The molecule has 0 saturated carbocycles. The Kier molecular flexibility index (Phi) is 3.93. The molecule has 1 aromatic rings. The lowest BCUT2D eigenvalue weighted by Gasteiger charge is -2.35. The molecule has 1 saturated heterocycles. The molecule has 0 unspecified atom stereocenters. The normalized spacial score (nSPS) is 23.2. The summed E-state index contributed by atoms with van der Waals surface area (Å²) in [5, 5.41) is 0. The maximum atomic E-state index is 12.3. The Morgan fingerprint density at radius 2 is 2.21 bits per heavy atom. The second kappa shape index (κ2) is 5.47. The van der Waals surface area contributed by atoms with Crippen molar-refractivity contribution in [1.29, 1.82) is 0 Å². The molecule has 2 heterocycles. The molecule has 5 heteroatoms. The minimum absolute atomic E-state index is 0.0265. The van der Waals surface area contributed by atoms with E-state index in [9.17, 15) is 9.59 Å². The summed E-state index contributed by atoms with van der Waals surface area (Å²) in [6.45, 7) is 4.90. The summed E-state index contributed by atoms with van der Waals surface area (Å²) in [5.74, 6) is 0.421. The first-order valence-electron chi connectivity index (χ1n) is 6.45. The first-order valence-corrected chi connectivity index (χ1v) is 6.45. The monoisotopic (exact) mass is 265 g/mol. The van der Waals surface area contributed by atoms with Gasteiger partial charge in [0.15, 0.2) is 0 Å². The summed E-state index contributed by atoms with van der Waals surface area (Å²) in [7, 11) is 1.40. The Morgan fingerprint density at radius 1 is 1.47 bits per heavy atom. The van der Waals surface area contributed by atoms with Gasteiger partial charge in [-0.25, -0.2) is 0 Å². The molecular weight excluding hydrogens is 246 g/mol. The molecule has 1 amide bonds. The Hall–Kier alpha value is -1.78. The predicted molar refractivity (Wildman–Crippen MR) is 68.6 cm³/mol. The fourth-order valence-corrected chi connectivity index (χ4v) is 2.61. The third-order valence-electron chi connectivity index (χ3n) is 3.79. The molecule has 19 heavy (non-hydrogen) atoms. The number of esters is 1. The summed E-state index contributed by atoms with van der Waals surface area (Å²) in [6, 6.07) is 1.69. The molecule has 2 rings (SSSR count). The van der Waals surface area contributed by atoms with Crippen LogP contribution in [0.1, 0.15) is 29.5 Å².